The van der Waals surface area contributed by atoms with Crippen LogP contribution in [-0.4, -0.2) is 19.1 Å². The molecule has 0 saturated carbocycles. The van der Waals surface area contributed by atoms with Crippen LogP contribution in [0.5, 0.6) is 0 Å². The first-order chi connectivity index (χ1) is 4.98. The van der Waals surface area contributed by atoms with Crippen LogP contribution in [0.2, 0.25) is 24.2 Å². The summed E-state index contributed by atoms with van der Waals surface area (Å²) in [5.41, 5.74) is -0.0995. The molecule has 2 nitrogen and oxygen atoms in total. The lowest BCUT2D eigenvalue weighted by Gasteiger charge is -2.28. The van der Waals surface area contributed by atoms with Gasteiger partial charge in [0.1, 0.15) is 0 Å². The standard InChI is InChI=1S/C8H18O2Si/c1-5-11(4,6-2)7(3)8(9)10/h7H,5-6H2,1-4H3,(H,9,10). The molecule has 0 aliphatic heterocycles. The minimum atomic E-state index is -1.46. The number of carboxylic acid groups (broad SMARTS) is 1. The second-order valence-electron chi connectivity index (χ2n) is 3.42. The SMILES string of the molecule is CC[Si](C)(CC)C(C)C(=O)O. The Kier molecular flexibility index (Phi) is 3.79. The average molecular weight is 174 g/mol. The Hall–Kier alpha value is -0.313. The van der Waals surface area contributed by atoms with E-state index < -0.39 is 14.0 Å². The zero-order valence-corrected chi connectivity index (χ0v) is 8.85. The van der Waals surface area contributed by atoms with Gasteiger partial charge in [-0.25, -0.2) is 0 Å². The molecule has 1 atom stereocenters. The smallest absolute Gasteiger partial charge is 0.303 e. The first-order valence-corrected chi connectivity index (χ1v) is 7.20. The van der Waals surface area contributed by atoms with Gasteiger partial charge in [-0.05, 0) is 0 Å². The third-order valence-corrected chi connectivity index (χ3v) is 8.60. The van der Waals surface area contributed by atoms with Crippen LogP contribution >= 0.6 is 0 Å². The van der Waals surface area contributed by atoms with Gasteiger partial charge >= 0.3 is 5.97 Å². The van der Waals surface area contributed by atoms with E-state index in [1.54, 1.807) is 0 Å². The van der Waals surface area contributed by atoms with Crippen molar-refractivity contribution < 1.29 is 9.90 Å². The lowest BCUT2D eigenvalue weighted by molar-refractivity contribution is -0.136. The van der Waals surface area contributed by atoms with Crippen LogP contribution in [0.4, 0.5) is 0 Å². The predicted molar refractivity (Wildman–Crippen MR) is 49.6 cm³/mol. The molecule has 66 valence electrons. The quantitative estimate of drug-likeness (QED) is 0.665. The van der Waals surface area contributed by atoms with E-state index in [9.17, 15) is 4.79 Å². The Morgan fingerprint density at radius 2 is 1.82 bits per heavy atom. The molecule has 0 aromatic rings. The van der Waals surface area contributed by atoms with Crippen LogP contribution in [0.1, 0.15) is 20.8 Å². The Balaban J connectivity index is 4.36. The molecule has 0 aromatic heterocycles. The molecule has 1 N–H and O–H groups in total. The van der Waals surface area contributed by atoms with Gasteiger partial charge in [-0.3, -0.25) is 4.79 Å². The molecular formula is C8H18O2Si. The van der Waals surface area contributed by atoms with Crippen molar-refractivity contribution >= 4 is 14.0 Å². The number of carbonyl (C=O) groups is 1. The molecule has 0 spiro atoms. The van der Waals surface area contributed by atoms with Crippen molar-refractivity contribution in [2.24, 2.45) is 0 Å². The fraction of sp³-hybridized carbons (Fsp3) is 0.875. The van der Waals surface area contributed by atoms with Crippen molar-refractivity contribution in [1.82, 2.24) is 0 Å². The van der Waals surface area contributed by atoms with Crippen molar-refractivity contribution in [2.75, 3.05) is 0 Å². The average Bonchev–Trinajstić information content (AvgIpc) is 2.01. The highest BCUT2D eigenvalue weighted by atomic mass is 28.3. The molecular weight excluding hydrogens is 156 g/mol. The van der Waals surface area contributed by atoms with Gasteiger partial charge in [0, 0.05) is 5.54 Å². The number of hydrogen-bond donors (Lipinski definition) is 1. The van der Waals surface area contributed by atoms with Gasteiger partial charge < -0.3 is 5.11 Å². The summed E-state index contributed by atoms with van der Waals surface area (Å²) in [7, 11) is -1.46. The Morgan fingerprint density at radius 1 is 1.45 bits per heavy atom. The van der Waals surface area contributed by atoms with Crippen molar-refractivity contribution in [3.63, 3.8) is 0 Å². The maximum absolute atomic E-state index is 10.7. The number of carboxylic acids is 1. The Bertz CT molecular complexity index is 141. The minimum Gasteiger partial charge on any atom is -0.481 e. The lowest BCUT2D eigenvalue weighted by Crippen LogP contribution is -2.37. The summed E-state index contributed by atoms with van der Waals surface area (Å²) in [5, 5.41) is 8.81. The second-order valence-corrected chi connectivity index (χ2v) is 9.01. The molecule has 3 heteroatoms. The molecule has 0 bridgehead atoms. The van der Waals surface area contributed by atoms with Crippen LogP contribution in [0, 0.1) is 0 Å². The van der Waals surface area contributed by atoms with Gasteiger partial charge in [0.15, 0.2) is 0 Å². The van der Waals surface area contributed by atoms with E-state index in [1.165, 1.54) is 0 Å². The maximum Gasteiger partial charge on any atom is 0.303 e. The fourth-order valence-corrected chi connectivity index (χ4v) is 3.48. The fourth-order valence-electron chi connectivity index (χ4n) is 1.16. The molecule has 0 fully saturated rings. The van der Waals surface area contributed by atoms with E-state index in [1.807, 2.05) is 6.92 Å². The zero-order valence-electron chi connectivity index (χ0n) is 7.85. The van der Waals surface area contributed by atoms with E-state index in [2.05, 4.69) is 20.4 Å². The molecule has 0 radical (unpaired) electrons. The number of hydrogen-bond acceptors (Lipinski definition) is 1. The van der Waals surface area contributed by atoms with Gasteiger partial charge in [0.25, 0.3) is 0 Å². The van der Waals surface area contributed by atoms with E-state index in [0.29, 0.717) is 0 Å². The number of rotatable bonds is 4. The summed E-state index contributed by atoms with van der Waals surface area (Å²) in [4.78, 5) is 10.7. The highest BCUT2D eigenvalue weighted by molar-refractivity contribution is 6.82. The van der Waals surface area contributed by atoms with Crippen LogP contribution in [0.25, 0.3) is 0 Å². The summed E-state index contributed by atoms with van der Waals surface area (Å²) in [6, 6.07) is 2.13. The molecule has 11 heavy (non-hydrogen) atoms. The van der Waals surface area contributed by atoms with Crippen molar-refractivity contribution in [3.05, 3.63) is 0 Å². The zero-order chi connectivity index (χ0) is 9.07. The van der Waals surface area contributed by atoms with Gasteiger partial charge in [-0.1, -0.05) is 39.4 Å². The summed E-state index contributed by atoms with van der Waals surface area (Å²) in [5.74, 6) is -0.622. The summed E-state index contributed by atoms with van der Waals surface area (Å²) in [6.07, 6.45) is 0. The highest BCUT2D eigenvalue weighted by Crippen LogP contribution is 2.28. The van der Waals surface area contributed by atoms with Gasteiger partial charge in [-0.2, -0.15) is 0 Å². The maximum atomic E-state index is 10.7. The van der Waals surface area contributed by atoms with E-state index in [4.69, 9.17) is 5.11 Å². The normalized spacial score (nSPS) is 14.5. The second kappa shape index (κ2) is 3.90. The molecule has 0 rings (SSSR count). The minimum absolute atomic E-state index is 0.0995. The molecule has 0 heterocycles. The molecule has 0 saturated heterocycles. The summed E-state index contributed by atoms with van der Waals surface area (Å²) in [6.45, 7) is 8.23. The molecule has 0 aliphatic carbocycles. The summed E-state index contributed by atoms with van der Waals surface area (Å²) >= 11 is 0. The number of aliphatic carboxylic acids is 1. The van der Waals surface area contributed by atoms with Crippen molar-refractivity contribution in [3.8, 4) is 0 Å². The monoisotopic (exact) mass is 174 g/mol. The van der Waals surface area contributed by atoms with E-state index in [-0.39, 0.29) is 5.54 Å². The largest absolute Gasteiger partial charge is 0.481 e. The molecule has 0 aliphatic rings. The Morgan fingerprint density at radius 3 is 1.91 bits per heavy atom. The lowest BCUT2D eigenvalue weighted by atomic mass is 10.5. The van der Waals surface area contributed by atoms with Crippen LogP contribution in [-0.2, 0) is 4.79 Å². The van der Waals surface area contributed by atoms with E-state index >= 15 is 0 Å². The van der Waals surface area contributed by atoms with Crippen molar-refractivity contribution in [1.29, 1.82) is 0 Å². The predicted octanol–water partition coefficient (Wildman–Crippen LogP) is 2.58. The summed E-state index contributed by atoms with van der Waals surface area (Å²) < 4.78 is 0. The van der Waals surface area contributed by atoms with Gasteiger partial charge in [-0.15, -0.1) is 0 Å². The van der Waals surface area contributed by atoms with Gasteiger partial charge in [0.2, 0.25) is 0 Å². The van der Waals surface area contributed by atoms with Crippen LogP contribution in [0.3, 0.4) is 0 Å². The van der Waals surface area contributed by atoms with E-state index in [0.717, 1.165) is 12.1 Å². The molecule has 1 unspecified atom stereocenters. The van der Waals surface area contributed by atoms with Crippen molar-refractivity contribution in [2.45, 2.75) is 44.9 Å². The molecule has 0 aromatic carbocycles. The van der Waals surface area contributed by atoms with Crippen LogP contribution in [0.15, 0.2) is 0 Å². The topological polar surface area (TPSA) is 37.3 Å². The van der Waals surface area contributed by atoms with Gasteiger partial charge in [0.05, 0.1) is 8.07 Å². The third-order valence-electron chi connectivity index (χ3n) is 3.03. The van der Waals surface area contributed by atoms with Crippen LogP contribution < -0.4 is 0 Å². The molecule has 0 amide bonds. The first kappa shape index (κ1) is 10.7. The first-order valence-electron chi connectivity index (χ1n) is 4.20. The Labute approximate surface area is 69.6 Å². The highest BCUT2D eigenvalue weighted by Gasteiger charge is 2.34. The third kappa shape index (κ3) is 2.33.